The van der Waals surface area contributed by atoms with E-state index in [1.807, 2.05) is 0 Å². The first-order valence-electron chi connectivity index (χ1n) is 8.25. The molecule has 104 valence electrons. The van der Waals surface area contributed by atoms with E-state index in [1.165, 1.54) is 21.5 Å². The van der Waals surface area contributed by atoms with Gasteiger partial charge < -0.3 is 0 Å². The van der Waals surface area contributed by atoms with E-state index < -0.39 is 0 Å². The van der Waals surface area contributed by atoms with Gasteiger partial charge in [0.05, 0.1) is 0 Å². The van der Waals surface area contributed by atoms with Gasteiger partial charge in [-0.25, -0.2) is 0 Å². The monoisotopic (exact) mass is 280 g/mol. The topological polar surface area (TPSA) is 0 Å². The quantitative estimate of drug-likeness (QED) is 0.369. The van der Waals surface area contributed by atoms with Crippen molar-refractivity contribution in [1.82, 2.24) is 0 Å². The summed E-state index contributed by atoms with van der Waals surface area (Å²) >= 11 is 0. The molecule has 0 saturated carbocycles. The van der Waals surface area contributed by atoms with Gasteiger partial charge in [0.2, 0.25) is 0 Å². The van der Waals surface area contributed by atoms with Gasteiger partial charge in [-0.15, -0.1) is 0 Å². The summed E-state index contributed by atoms with van der Waals surface area (Å²) < 4.78 is 0. The molecule has 3 aromatic carbocycles. The first-order chi connectivity index (χ1) is 10.9. The molecule has 1 atom stereocenters. The summed E-state index contributed by atoms with van der Waals surface area (Å²) in [5, 5.41) is 5.87. The van der Waals surface area contributed by atoms with Crippen LogP contribution >= 0.6 is 0 Å². The third-order valence-corrected chi connectivity index (χ3v) is 5.86. The van der Waals surface area contributed by atoms with Gasteiger partial charge in [-0.1, -0.05) is 65.8 Å². The predicted molar refractivity (Wildman–Crippen MR) is 92.4 cm³/mol. The highest BCUT2D eigenvalue weighted by Crippen LogP contribution is 2.54. The number of hydrogen-bond acceptors (Lipinski definition) is 0. The number of benzene rings is 3. The number of hydrogen-bond donors (Lipinski definition) is 0. The lowest BCUT2D eigenvalue weighted by atomic mass is 9.73. The van der Waals surface area contributed by atoms with Crippen LogP contribution in [0.5, 0.6) is 0 Å². The van der Waals surface area contributed by atoms with E-state index in [9.17, 15) is 0 Å². The molecule has 0 saturated heterocycles. The Bertz CT molecular complexity index is 1050. The lowest BCUT2D eigenvalue weighted by molar-refractivity contribution is 0.810. The minimum Gasteiger partial charge on any atom is -0.0841 e. The van der Waals surface area contributed by atoms with Crippen molar-refractivity contribution in [1.29, 1.82) is 0 Å². The summed E-state index contributed by atoms with van der Waals surface area (Å²) in [5.41, 5.74) is 8.09. The van der Waals surface area contributed by atoms with E-state index in [1.54, 1.807) is 27.8 Å². The van der Waals surface area contributed by atoms with Gasteiger partial charge in [-0.3, -0.25) is 0 Å². The minimum atomic E-state index is 0.522. The molecule has 0 N–H and O–H groups in total. The highest BCUT2D eigenvalue weighted by atomic mass is 14.4. The van der Waals surface area contributed by atoms with Crippen molar-refractivity contribution >= 4 is 21.5 Å². The molecule has 22 heavy (non-hydrogen) atoms. The second-order valence-corrected chi connectivity index (χ2v) is 6.87. The molecule has 0 radical (unpaired) electrons. The second kappa shape index (κ2) is 3.70. The van der Waals surface area contributed by atoms with E-state index in [0.717, 1.165) is 19.3 Å². The van der Waals surface area contributed by atoms with Crippen LogP contribution in [0.4, 0.5) is 0 Å². The fourth-order valence-electron chi connectivity index (χ4n) is 4.98. The zero-order valence-electron chi connectivity index (χ0n) is 12.4. The molecule has 3 aliphatic rings. The van der Waals surface area contributed by atoms with Gasteiger partial charge in [0.1, 0.15) is 0 Å². The van der Waals surface area contributed by atoms with E-state index in [2.05, 4.69) is 54.6 Å². The fourth-order valence-corrected chi connectivity index (χ4v) is 4.98. The van der Waals surface area contributed by atoms with E-state index >= 15 is 0 Å². The van der Waals surface area contributed by atoms with Crippen molar-refractivity contribution in [3.63, 3.8) is 0 Å². The van der Waals surface area contributed by atoms with Crippen LogP contribution in [0, 0.1) is 0 Å². The maximum Gasteiger partial charge on any atom is 0.0320 e. The molecule has 0 bridgehead atoms. The molecule has 6 rings (SSSR count). The summed E-state index contributed by atoms with van der Waals surface area (Å²) in [6, 6.07) is 16.2. The lowest BCUT2D eigenvalue weighted by Crippen LogP contribution is -2.15. The van der Waals surface area contributed by atoms with Gasteiger partial charge in [-0.2, -0.15) is 0 Å². The lowest BCUT2D eigenvalue weighted by Gasteiger charge is -2.30. The molecule has 3 aliphatic carbocycles. The minimum absolute atomic E-state index is 0.522. The Hall–Kier alpha value is -2.34. The Morgan fingerprint density at radius 2 is 1.59 bits per heavy atom. The summed E-state index contributed by atoms with van der Waals surface area (Å²) in [6.45, 7) is 0. The largest absolute Gasteiger partial charge is 0.0841 e. The van der Waals surface area contributed by atoms with Crippen molar-refractivity contribution < 1.29 is 0 Å². The van der Waals surface area contributed by atoms with Crippen molar-refractivity contribution in [3.05, 3.63) is 82.5 Å². The van der Waals surface area contributed by atoms with Gasteiger partial charge >= 0.3 is 0 Å². The Balaban J connectivity index is 1.83. The van der Waals surface area contributed by atoms with E-state index in [4.69, 9.17) is 0 Å². The predicted octanol–water partition coefficient (Wildman–Crippen LogP) is 5.64. The zero-order chi connectivity index (χ0) is 14.3. The van der Waals surface area contributed by atoms with Crippen LogP contribution in [0.15, 0.2) is 65.8 Å². The Labute approximate surface area is 129 Å². The molecule has 0 fully saturated rings. The van der Waals surface area contributed by atoms with Crippen molar-refractivity contribution in [2.45, 2.75) is 25.2 Å². The maximum atomic E-state index is 2.38. The molecule has 0 heterocycles. The molecule has 3 aromatic rings. The molecule has 0 spiro atoms. The van der Waals surface area contributed by atoms with E-state index in [-0.39, 0.29) is 0 Å². The Kier molecular flexibility index (Phi) is 1.89. The van der Waals surface area contributed by atoms with Crippen molar-refractivity contribution in [2.75, 3.05) is 0 Å². The van der Waals surface area contributed by atoms with Crippen LogP contribution in [0.25, 0.3) is 21.5 Å². The van der Waals surface area contributed by atoms with Crippen LogP contribution in [0.3, 0.4) is 0 Å². The standard InChI is InChI=1S/C22H16/c1-2-6-17-15(4-1)12-16-11-10-14-9-8-13-5-3-7-18-19(13)20(14)21(16)22(17)18/h1-3,5,7-11,22H,4,6,12H2. The van der Waals surface area contributed by atoms with Gasteiger partial charge in [0.15, 0.2) is 0 Å². The van der Waals surface area contributed by atoms with E-state index in [0.29, 0.717) is 5.92 Å². The van der Waals surface area contributed by atoms with Gasteiger partial charge in [0.25, 0.3) is 0 Å². The highest BCUT2D eigenvalue weighted by molar-refractivity contribution is 6.15. The molecule has 0 amide bonds. The van der Waals surface area contributed by atoms with Crippen LogP contribution in [-0.4, -0.2) is 0 Å². The van der Waals surface area contributed by atoms with Gasteiger partial charge in [0, 0.05) is 5.92 Å². The smallest absolute Gasteiger partial charge is 0.0320 e. The second-order valence-electron chi connectivity index (χ2n) is 6.87. The van der Waals surface area contributed by atoms with Crippen LogP contribution in [-0.2, 0) is 6.42 Å². The normalized spacial score (nSPS) is 21.2. The molecule has 0 nitrogen and oxygen atoms in total. The number of allylic oxidation sites excluding steroid dienone is 4. The number of rotatable bonds is 0. The maximum absolute atomic E-state index is 2.38. The molecule has 1 unspecified atom stereocenters. The van der Waals surface area contributed by atoms with Crippen LogP contribution < -0.4 is 0 Å². The first-order valence-corrected chi connectivity index (χ1v) is 8.25. The average Bonchev–Trinajstić information content (AvgIpc) is 2.93. The number of fused-ring (bicyclic) bond motifs is 2. The molecule has 0 aliphatic heterocycles. The molecular weight excluding hydrogens is 264 g/mol. The third-order valence-electron chi connectivity index (χ3n) is 5.86. The summed E-state index contributed by atoms with van der Waals surface area (Å²) in [4.78, 5) is 0. The van der Waals surface area contributed by atoms with Crippen LogP contribution in [0.2, 0.25) is 0 Å². The molecule has 0 aromatic heterocycles. The zero-order valence-corrected chi connectivity index (χ0v) is 12.4. The third kappa shape index (κ3) is 1.17. The Morgan fingerprint density at radius 1 is 0.773 bits per heavy atom. The van der Waals surface area contributed by atoms with Crippen molar-refractivity contribution in [3.8, 4) is 0 Å². The van der Waals surface area contributed by atoms with Gasteiger partial charge in [-0.05, 0) is 57.5 Å². The highest BCUT2D eigenvalue weighted by Gasteiger charge is 2.36. The molecular formula is C22H16. The molecule has 0 heteroatoms. The summed E-state index contributed by atoms with van der Waals surface area (Å²) in [5.74, 6) is 0.522. The first kappa shape index (κ1) is 11.3. The summed E-state index contributed by atoms with van der Waals surface area (Å²) in [7, 11) is 0. The SMILES string of the molecule is C1=CCC2=C(C1)Cc1ccc3ccc4cccc5c4c3c1C25. The van der Waals surface area contributed by atoms with Crippen LogP contribution in [0.1, 0.15) is 35.4 Å². The fraction of sp³-hybridized carbons (Fsp3) is 0.182. The van der Waals surface area contributed by atoms with Crippen molar-refractivity contribution in [2.24, 2.45) is 0 Å². The Morgan fingerprint density at radius 3 is 2.55 bits per heavy atom. The average molecular weight is 280 g/mol. The summed E-state index contributed by atoms with van der Waals surface area (Å²) in [6.07, 6.45) is 8.17.